The number of aliphatic hydroxyl groups excluding tert-OH is 1. The minimum Gasteiger partial charge on any atom is -0.491 e. The number of carbonyl (C=O) groups excluding carboxylic acids is 1. The van der Waals surface area contributed by atoms with Crippen LogP contribution in [0.2, 0.25) is 0 Å². The third-order valence-corrected chi connectivity index (χ3v) is 8.57. The lowest BCUT2D eigenvalue weighted by atomic mass is 9.88. The summed E-state index contributed by atoms with van der Waals surface area (Å²) < 4.78 is 5.89. The first kappa shape index (κ1) is 32.7. The fraction of sp³-hybridized carbons (Fsp3) is 0.324. The third-order valence-electron chi connectivity index (χ3n) is 8.57. The molecule has 4 aromatic rings. The smallest absolute Gasteiger partial charge is 0.335 e. The molecule has 0 aromatic heterocycles. The molecule has 9 nitrogen and oxygen atoms in total. The highest BCUT2D eigenvalue weighted by Gasteiger charge is 2.23. The van der Waals surface area contributed by atoms with Gasteiger partial charge in [-0.2, -0.15) is 0 Å². The van der Waals surface area contributed by atoms with Gasteiger partial charge in [-0.3, -0.25) is 4.79 Å². The lowest BCUT2D eigenvalue weighted by Crippen LogP contribution is -2.40. The highest BCUT2D eigenvalue weighted by molar-refractivity contribution is 5.91. The second kappa shape index (κ2) is 15.5. The van der Waals surface area contributed by atoms with Gasteiger partial charge in [0.25, 0.3) is 0 Å². The van der Waals surface area contributed by atoms with Crippen LogP contribution in [0.5, 0.6) is 5.75 Å². The van der Waals surface area contributed by atoms with E-state index < -0.39 is 18.0 Å². The number of aromatic carboxylic acids is 2. The number of ether oxygens (including phenoxy) is 1. The maximum atomic E-state index is 11.9. The third kappa shape index (κ3) is 8.93. The number of aliphatic hydroxyl groups is 1. The number of hydrogen-bond acceptors (Lipinski definition) is 6. The van der Waals surface area contributed by atoms with Gasteiger partial charge in [0.05, 0.1) is 11.1 Å². The second-order valence-electron chi connectivity index (χ2n) is 11.9. The van der Waals surface area contributed by atoms with Crippen LogP contribution in [-0.2, 0) is 11.3 Å². The molecule has 0 bridgehead atoms. The minimum absolute atomic E-state index is 0.0833. The number of fused-ring (bicyclic) bond motifs is 1. The molecule has 6 rings (SSSR count). The van der Waals surface area contributed by atoms with Gasteiger partial charge in [-0.25, -0.2) is 9.59 Å². The summed E-state index contributed by atoms with van der Waals surface area (Å²) in [5.74, 6) is -0.567. The van der Waals surface area contributed by atoms with Crippen LogP contribution < -0.4 is 4.74 Å². The van der Waals surface area contributed by atoms with Gasteiger partial charge in [0.15, 0.2) is 0 Å². The molecule has 3 N–H and O–H groups in total. The molecule has 0 spiro atoms. The van der Waals surface area contributed by atoms with Crippen molar-refractivity contribution in [1.29, 1.82) is 0 Å². The number of amides is 1. The maximum absolute atomic E-state index is 11.9. The fourth-order valence-corrected chi connectivity index (χ4v) is 6.03. The largest absolute Gasteiger partial charge is 0.491 e. The van der Waals surface area contributed by atoms with Gasteiger partial charge in [-0.05, 0) is 96.6 Å². The zero-order valence-corrected chi connectivity index (χ0v) is 25.8. The molecule has 1 amide bonds. The van der Waals surface area contributed by atoms with E-state index in [1.165, 1.54) is 40.6 Å². The summed E-state index contributed by atoms with van der Waals surface area (Å²) in [5.41, 5.74) is 2.66. The van der Waals surface area contributed by atoms with Crippen LogP contribution in [0.4, 0.5) is 0 Å². The average molecular weight is 625 g/mol. The maximum Gasteiger partial charge on any atom is 0.335 e. The molecule has 1 atom stereocenters. The van der Waals surface area contributed by atoms with E-state index in [4.69, 9.17) is 14.9 Å². The van der Waals surface area contributed by atoms with Crippen molar-refractivity contribution in [1.82, 2.24) is 9.80 Å². The Morgan fingerprint density at radius 2 is 1.48 bits per heavy atom. The molecule has 2 aliphatic heterocycles. The first-order chi connectivity index (χ1) is 22.2. The molecule has 2 saturated heterocycles. The van der Waals surface area contributed by atoms with E-state index in [1.807, 2.05) is 29.2 Å². The van der Waals surface area contributed by atoms with Gasteiger partial charge in [0, 0.05) is 26.1 Å². The molecule has 9 heteroatoms. The summed E-state index contributed by atoms with van der Waals surface area (Å²) >= 11 is 0. The Morgan fingerprint density at radius 1 is 0.804 bits per heavy atom. The first-order valence-corrected chi connectivity index (χ1v) is 15.7. The van der Waals surface area contributed by atoms with Gasteiger partial charge in [0.2, 0.25) is 5.91 Å². The molecule has 2 aliphatic rings. The van der Waals surface area contributed by atoms with E-state index in [-0.39, 0.29) is 23.6 Å². The standard InChI is InChI=1S/C29H34N2O3.C8H6O4/c32-27(21-34-28-8-3-5-22(17-28)19-31-14-4-9-29(31)33)20-30-15-12-24(13-16-30)26-11-10-23-6-1-2-7-25(23)18-26;9-7(10)5-1-2-6(4-3-5)8(11)12/h1-3,5-8,10-11,17-18,24,27,32H,4,9,12-16,19-21H2;1-4H,(H,9,10)(H,11,12). The molecule has 0 radical (unpaired) electrons. The normalized spacial score (nSPS) is 16.1. The van der Waals surface area contributed by atoms with E-state index in [0.717, 1.165) is 50.2 Å². The van der Waals surface area contributed by atoms with Crippen molar-refractivity contribution in [3.05, 3.63) is 113 Å². The fourth-order valence-electron chi connectivity index (χ4n) is 6.03. The van der Waals surface area contributed by atoms with Gasteiger partial charge >= 0.3 is 11.9 Å². The van der Waals surface area contributed by atoms with Crippen molar-refractivity contribution in [2.24, 2.45) is 0 Å². The topological polar surface area (TPSA) is 128 Å². The van der Waals surface area contributed by atoms with Crippen LogP contribution >= 0.6 is 0 Å². The lowest BCUT2D eigenvalue weighted by Gasteiger charge is -2.33. The van der Waals surface area contributed by atoms with Crippen molar-refractivity contribution in [3.8, 4) is 5.75 Å². The second-order valence-corrected chi connectivity index (χ2v) is 11.9. The van der Waals surface area contributed by atoms with Gasteiger partial charge in [0.1, 0.15) is 18.5 Å². The first-order valence-electron chi connectivity index (χ1n) is 15.7. The van der Waals surface area contributed by atoms with E-state index in [2.05, 4.69) is 47.4 Å². The van der Waals surface area contributed by atoms with E-state index in [1.54, 1.807) is 0 Å². The summed E-state index contributed by atoms with van der Waals surface area (Å²) in [6.07, 6.45) is 3.30. The van der Waals surface area contributed by atoms with Crippen molar-refractivity contribution in [2.45, 2.75) is 44.2 Å². The Hall–Kier alpha value is -4.73. The number of benzene rings is 4. The summed E-state index contributed by atoms with van der Waals surface area (Å²) in [7, 11) is 0. The number of carboxylic acid groups (broad SMARTS) is 2. The number of β-amino-alcohol motifs (C(OH)–C–C–N with tert-alkyl or cyclic N) is 1. The molecule has 2 fully saturated rings. The predicted molar refractivity (Wildman–Crippen MR) is 175 cm³/mol. The quantitative estimate of drug-likeness (QED) is 0.206. The Bertz CT molecular complexity index is 1610. The Labute approximate surface area is 268 Å². The highest BCUT2D eigenvalue weighted by atomic mass is 16.5. The lowest BCUT2D eigenvalue weighted by molar-refractivity contribution is -0.128. The summed E-state index contributed by atoms with van der Waals surface area (Å²) in [5, 5.41) is 30.1. The molecule has 4 aromatic carbocycles. The van der Waals surface area contributed by atoms with Crippen LogP contribution in [0.1, 0.15) is 63.4 Å². The zero-order chi connectivity index (χ0) is 32.5. The van der Waals surface area contributed by atoms with Crippen molar-refractivity contribution >= 4 is 28.6 Å². The highest BCUT2D eigenvalue weighted by Crippen LogP contribution is 2.30. The summed E-state index contributed by atoms with van der Waals surface area (Å²) in [4.78, 5) is 36.8. The predicted octanol–water partition coefficient (Wildman–Crippen LogP) is 5.66. The van der Waals surface area contributed by atoms with E-state index in [9.17, 15) is 19.5 Å². The Morgan fingerprint density at radius 3 is 2.11 bits per heavy atom. The monoisotopic (exact) mass is 624 g/mol. The summed E-state index contributed by atoms with van der Waals surface area (Å²) in [6.45, 7) is 4.36. The number of nitrogens with zero attached hydrogens (tertiary/aromatic N) is 2. The molecule has 0 aliphatic carbocycles. The molecule has 46 heavy (non-hydrogen) atoms. The molecule has 2 heterocycles. The van der Waals surface area contributed by atoms with E-state index in [0.29, 0.717) is 25.4 Å². The number of rotatable bonds is 10. The van der Waals surface area contributed by atoms with Crippen LogP contribution in [0.15, 0.2) is 91.0 Å². The van der Waals surface area contributed by atoms with Crippen LogP contribution in [0, 0.1) is 0 Å². The number of hydrogen-bond donors (Lipinski definition) is 3. The van der Waals surface area contributed by atoms with Gasteiger partial charge in [-0.1, -0.05) is 54.6 Å². The Kier molecular flexibility index (Phi) is 11.0. The van der Waals surface area contributed by atoms with E-state index >= 15 is 0 Å². The zero-order valence-electron chi connectivity index (χ0n) is 25.8. The number of carbonyl (C=O) groups is 3. The van der Waals surface area contributed by atoms with Crippen LogP contribution in [0.3, 0.4) is 0 Å². The molecule has 240 valence electrons. The number of likely N-dealkylation sites (tertiary alicyclic amines) is 2. The summed E-state index contributed by atoms with van der Waals surface area (Å²) in [6, 6.07) is 28.3. The molecular weight excluding hydrogens is 584 g/mol. The van der Waals surface area contributed by atoms with Crippen LogP contribution in [0.25, 0.3) is 10.8 Å². The average Bonchev–Trinajstić information content (AvgIpc) is 3.48. The van der Waals surface area contributed by atoms with Crippen molar-refractivity contribution < 1.29 is 34.4 Å². The molecule has 1 unspecified atom stereocenters. The minimum atomic E-state index is -1.06. The SMILES string of the molecule is O=C(O)c1ccc(C(=O)O)cc1.O=C1CCCN1Cc1cccc(OCC(O)CN2CCC(c3ccc4ccccc4c3)CC2)c1. The van der Waals surface area contributed by atoms with Gasteiger partial charge < -0.3 is 29.9 Å². The van der Waals surface area contributed by atoms with Gasteiger partial charge in [-0.15, -0.1) is 0 Å². The number of piperidine rings is 1. The number of carboxylic acids is 2. The Balaban J connectivity index is 0.000000293. The molecule has 0 saturated carbocycles. The van der Waals surface area contributed by atoms with Crippen molar-refractivity contribution in [2.75, 3.05) is 32.8 Å². The molecular formula is C37H40N2O7. The van der Waals surface area contributed by atoms with Crippen molar-refractivity contribution in [3.63, 3.8) is 0 Å². The van der Waals surface area contributed by atoms with Crippen LogP contribution in [-0.4, -0.2) is 81.9 Å².